The van der Waals surface area contributed by atoms with Gasteiger partial charge in [-0.05, 0) is 56.5 Å². The second kappa shape index (κ2) is 9.39. The highest BCUT2D eigenvalue weighted by molar-refractivity contribution is 6.35. The quantitative estimate of drug-likeness (QED) is 0.540. The lowest BCUT2D eigenvalue weighted by molar-refractivity contribution is 0.0790. The third kappa shape index (κ3) is 4.45. The van der Waals surface area contributed by atoms with Gasteiger partial charge in [0.25, 0.3) is 0 Å². The van der Waals surface area contributed by atoms with Crippen LogP contribution in [0.15, 0.2) is 30.3 Å². The fraction of sp³-hybridized carbons (Fsp3) is 0.391. The zero-order valence-corrected chi connectivity index (χ0v) is 20.5. The molecule has 1 saturated heterocycles. The molecule has 5 rings (SSSR count). The molecule has 3 atom stereocenters. The maximum atomic E-state index is 15.2. The van der Waals surface area contributed by atoms with Gasteiger partial charge in [-0.1, -0.05) is 23.2 Å². The number of halogens is 4. The van der Waals surface area contributed by atoms with Gasteiger partial charge in [0.1, 0.15) is 17.8 Å². The van der Waals surface area contributed by atoms with E-state index >= 15 is 4.39 Å². The lowest BCUT2D eigenvalue weighted by Crippen LogP contribution is -2.39. The molecule has 176 valence electrons. The number of benzene rings is 2. The van der Waals surface area contributed by atoms with E-state index < -0.39 is 11.9 Å². The Bertz CT molecular complexity index is 1170. The Hall–Kier alpha value is -1.90. The molecule has 6 nitrogen and oxygen atoms in total. The molecule has 1 fully saturated rings. The van der Waals surface area contributed by atoms with E-state index in [0.29, 0.717) is 46.8 Å². The van der Waals surface area contributed by atoms with E-state index in [9.17, 15) is 5.11 Å². The normalized spacial score (nSPS) is 22.3. The maximum absolute atomic E-state index is 15.2. The molecule has 1 N–H and O–H groups in total. The molecule has 3 aromatic rings. The lowest BCUT2D eigenvalue weighted by Gasteiger charge is -2.30. The molecule has 0 amide bonds. The molecular formula is C23H24Cl3FN4O2. The SMILES string of the molecule is Cc1nnc(C)n1-c1ccc(O[C@H]2c3cc(Cl)cc(Cl)c3C[C@@H]2N2CC[C@@H](O)C2)c(F)c1.Cl. The number of nitrogens with zero attached hydrogens (tertiary/aromatic N) is 4. The Balaban J connectivity index is 0.00000259. The molecule has 33 heavy (non-hydrogen) atoms. The van der Waals surface area contributed by atoms with Gasteiger partial charge in [-0.15, -0.1) is 22.6 Å². The molecule has 2 aliphatic rings. The number of aliphatic hydroxyl groups excluding tert-OH is 1. The average Bonchev–Trinajstić information content (AvgIpc) is 3.41. The maximum Gasteiger partial charge on any atom is 0.167 e. The van der Waals surface area contributed by atoms with Gasteiger partial charge in [-0.25, -0.2) is 4.39 Å². The van der Waals surface area contributed by atoms with Crippen molar-refractivity contribution in [2.24, 2.45) is 0 Å². The molecule has 2 aromatic carbocycles. The van der Waals surface area contributed by atoms with Crippen LogP contribution in [-0.2, 0) is 6.42 Å². The van der Waals surface area contributed by atoms with E-state index in [-0.39, 0.29) is 30.3 Å². The van der Waals surface area contributed by atoms with Gasteiger partial charge in [-0.2, -0.15) is 0 Å². The van der Waals surface area contributed by atoms with Gasteiger partial charge < -0.3 is 9.84 Å². The predicted octanol–water partition coefficient (Wildman–Crippen LogP) is 4.86. The summed E-state index contributed by atoms with van der Waals surface area (Å²) in [5.41, 5.74) is 2.45. The van der Waals surface area contributed by atoms with Crippen molar-refractivity contribution in [2.45, 2.75) is 44.9 Å². The molecule has 0 radical (unpaired) electrons. The molecule has 0 unspecified atom stereocenters. The van der Waals surface area contributed by atoms with Crippen molar-refractivity contribution in [3.63, 3.8) is 0 Å². The Kier molecular flexibility index (Phi) is 6.90. The van der Waals surface area contributed by atoms with Gasteiger partial charge >= 0.3 is 0 Å². The van der Waals surface area contributed by atoms with Gasteiger partial charge in [0.05, 0.1) is 17.8 Å². The van der Waals surface area contributed by atoms with Crippen molar-refractivity contribution in [1.29, 1.82) is 0 Å². The molecule has 2 heterocycles. The molecule has 1 aliphatic heterocycles. The highest BCUT2D eigenvalue weighted by atomic mass is 35.5. The molecule has 1 aromatic heterocycles. The average molecular weight is 514 g/mol. The summed E-state index contributed by atoms with van der Waals surface area (Å²) >= 11 is 12.8. The second-order valence-electron chi connectivity index (χ2n) is 8.45. The fourth-order valence-corrected chi connectivity index (χ4v) is 5.44. The van der Waals surface area contributed by atoms with Crippen LogP contribution in [0.25, 0.3) is 5.69 Å². The van der Waals surface area contributed by atoms with Crippen LogP contribution in [-0.4, -0.2) is 50.0 Å². The third-order valence-corrected chi connectivity index (χ3v) is 6.90. The van der Waals surface area contributed by atoms with Crippen molar-refractivity contribution in [3.05, 3.63) is 69.0 Å². The van der Waals surface area contributed by atoms with Crippen molar-refractivity contribution in [3.8, 4) is 11.4 Å². The minimum atomic E-state index is -0.475. The highest BCUT2D eigenvalue weighted by Gasteiger charge is 2.42. The minimum Gasteiger partial charge on any atom is -0.481 e. The zero-order chi connectivity index (χ0) is 22.6. The molecule has 0 bridgehead atoms. The smallest absolute Gasteiger partial charge is 0.167 e. The number of β-amino-alcohol motifs (C(OH)–C–C–N with tert-alkyl or cyclic N) is 1. The lowest BCUT2D eigenvalue weighted by atomic mass is 10.1. The van der Waals surface area contributed by atoms with Gasteiger partial charge in [0, 0.05) is 34.8 Å². The second-order valence-corrected chi connectivity index (χ2v) is 9.29. The minimum absolute atomic E-state index is 0. The number of hydrogen-bond donors (Lipinski definition) is 1. The van der Waals surface area contributed by atoms with Gasteiger partial charge in [0.2, 0.25) is 0 Å². The van der Waals surface area contributed by atoms with Crippen LogP contribution >= 0.6 is 35.6 Å². The van der Waals surface area contributed by atoms with E-state index in [1.807, 2.05) is 19.9 Å². The summed E-state index contributed by atoms with van der Waals surface area (Å²) in [7, 11) is 0. The predicted molar refractivity (Wildman–Crippen MR) is 128 cm³/mol. The Labute approximate surface area is 207 Å². The largest absolute Gasteiger partial charge is 0.481 e. The fourth-order valence-electron chi connectivity index (χ4n) is 4.85. The number of ether oxygens (including phenoxy) is 1. The molecule has 0 saturated carbocycles. The summed E-state index contributed by atoms with van der Waals surface area (Å²) in [6.07, 6.45) is 0.533. The first-order valence-corrected chi connectivity index (χ1v) is 11.3. The number of fused-ring (bicyclic) bond motifs is 1. The summed E-state index contributed by atoms with van der Waals surface area (Å²) in [4.78, 5) is 2.19. The van der Waals surface area contributed by atoms with Crippen molar-refractivity contribution >= 4 is 35.6 Å². The van der Waals surface area contributed by atoms with Crippen LogP contribution in [0.1, 0.15) is 35.3 Å². The van der Waals surface area contributed by atoms with Crippen LogP contribution in [0.5, 0.6) is 5.75 Å². The van der Waals surface area contributed by atoms with Crippen molar-refractivity contribution < 1.29 is 14.2 Å². The van der Waals surface area contributed by atoms with Crippen LogP contribution in [0.4, 0.5) is 4.39 Å². The van der Waals surface area contributed by atoms with E-state index in [0.717, 1.165) is 17.7 Å². The number of rotatable bonds is 4. The van der Waals surface area contributed by atoms with E-state index in [1.165, 1.54) is 6.07 Å². The van der Waals surface area contributed by atoms with E-state index in [4.69, 9.17) is 27.9 Å². The summed E-state index contributed by atoms with van der Waals surface area (Å²) in [6.45, 7) is 4.94. The van der Waals surface area contributed by atoms with Gasteiger partial charge in [0.15, 0.2) is 11.6 Å². The number of aliphatic hydroxyl groups is 1. The van der Waals surface area contributed by atoms with Crippen LogP contribution in [0, 0.1) is 19.7 Å². The van der Waals surface area contributed by atoms with Crippen molar-refractivity contribution in [1.82, 2.24) is 19.7 Å². The van der Waals surface area contributed by atoms with Crippen LogP contribution in [0.3, 0.4) is 0 Å². The molecular weight excluding hydrogens is 490 g/mol. The van der Waals surface area contributed by atoms with E-state index in [1.54, 1.807) is 22.8 Å². The molecule has 1 aliphatic carbocycles. The summed E-state index contributed by atoms with van der Waals surface area (Å²) in [5.74, 6) is 1.03. The first-order chi connectivity index (χ1) is 15.3. The monoisotopic (exact) mass is 512 g/mol. The molecule has 0 spiro atoms. The first-order valence-electron chi connectivity index (χ1n) is 10.6. The number of likely N-dealkylation sites (tertiary alicyclic amines) is 1. The zero-order valence-electron chi connectivity index (χ0n) is 18.1. The summed E-state index contributed by atoms with van der Waals surface area (Å²) < 4.78 is 23.2. The molecule has 10 heteroatoms. The Morgan fingerprint density at radius 1 is 1.12 bits per heavy atom. The summed E-state index contributed by atoms with van der Waals surface area (Å²) in [5, 5.41) is 19.2. The topological polar surface area (TPSA) is 63.4 Å². The first kappa shape index (κ1) is 24.2. The summed E-state index contributed by atoms with van der Waals surface area (Å²) in [6, 6.07) is 8.34. The highest BCUT2D eigenvalue weighted by Crippen LogP contribution is 2.43. The number of aryl methyl sites for hydroxylation is 2. The van der Waals surface area contributed by atoms with Crippen LogP contribution in [0.2, 0.25) is 10.0 Å². The third-order valence-electron chi connectivity index (χ3n) is 6.34. The Morgan fingerprint density at radius 2 is 1.85 bits per heavy atom. The number of hydrogen-bond acceptors (Lipinski definition) is 5. The Morgan fingerprint density at radius 3 is 2.48 bits per heavy atom. The van der Waals surface area contributed by atoms with Crippen LogP contribution < -0.4 is 4.74 Å². The number of aromatic nitrogens is 3. The standard InChI is InChI=1S/C23H23Cl2FN4O2.ClH/c1-12-27-28-13(2)30(12)15-3-4-22(20(26)9-15)32-23-18-7-14(24)8-19(25)17(18)10-21(23)29-6-5-16(31)11-29;/h3-4,7-9,16,21,23,31H,5-6,10-11H2,1-2H3;1H/t16-,21+,23+;/m1./s1. The van der Waals surface area contributed by atoms with E-state index in [2.05, 4.69) is 15.1 Å². The van der Waals surface area contributed by atoms with Crippen molar-refractivity contribution in [2.75, 3.05) is 13.1 Å². The van der Waals surface area contributed by atoms with Gasteiger partial charge in [-0.3, -0.25) is 9.47 Å².